The Hall–Kier alpha value is -1.01. The van der Waals surface area contributed by atoms with E-state index in [0.29, 0.717) is 22.7 Å². The molecule has 0 saturated heterocycles. The third-order valence-electron chi connectivity index (χ3n) is 9.66. The van der Waals surface area contributed by atoms with Crippen molar-refractivity contribution in [3.8, 4) is 12.3 Å². The first-order valence-electron chi connectivity index (χ1n) is 10.7. The normalized spacial score (nSPS) is 54.0. The summed E-state index contributed by atoms with van der Waals surface area (Å²) in [7, 11) is 0. The van der Waals surface area contributed by atoms with Crippen LogP contribution in [-0.2, 0) is 0 Å². The first kappa shape index (κ1) is 18.4. The van der Waals surface area contributed by atoms with Gasteiger partial charge in [-0.2, -0.15) is 0 Å². The maximum atomic E-state index is 10.7. The summed E-state index contributed by atoms with van der Waals surface area (Å²) in [5.41, 5.74) is 0.707. The van der Waals surface area contributed by atoms with Gasteiger partial charge in [0.15, 0.2) is 0 Å². The first-order valence-corrected chi connectivity index (χ1v) is 10.7. The number of fused-ring (bicyclic) bond motifs is 5. The zero-order valence-electron chi connectivity index (χ0n) is 16.7. The lowest BCUT2D eigenvalue weighted by molar-refractivity contribution is -0.135. The molecule has 0 heterocycles. The summed E-state index contributed by atoms with van der Waals surface area (Å²) < 4.78 is 0. The van der Waals surface area contributed by atoms with Crippen LogP contribution in [0.4, 0.5) is 0 Å². The van der Waals surface area contributed by atoms with Gasteiger partial charge in [0.2, 0.25) is 0 Å². The fraction of sp³-hybridized carbons (Fsp3) is 0.870. The van der Waals surface area contributed by atoms with Crippen LogP contribution in [0.15, 0.2) is 5.16 Å². The lowest BCUT2D eigenvalue weighted by Gasteiger charge is -2.61. The summed E-state index contributed by atoms with van der Waals surface area (Å²) in [5.74, 6) is 6.03. The molecule has 8 atom stereocenters. The summed E-state index contributed by atoms with van der Waals surface area (Å²) in [4.78, 5) is 0. The van der Waals surface area contributed by atoms with Crippen LogP contribution >= 0.6 is 0 Å². The van der Waals surface area contributed by atoms with E-state index in [4.69, 9.17) is 6.42 Å². The summed E-state index contributed by atoms with van der Waals surface area (Å²) in [6.45, 7) is 6.97. The van der Waals surface area contributed by atoms with Crippen molar-refractivity contribution in [1.82, 2.24) is 0 Å². The maximum Gasteiger partial charge on any atom is 0.125 e. The Morgan fingerprint density at radius 3 is 2.42 bits per heavy atom. The van der Waals surface area contributed by atoms with E-state index in [-0.39, 0.29) is 0 Å². The molecule has 4 aliphatic rings. The molecule has 4 fully saturated rings. The van der Waals surface area contributed by atoms with Gasteiger partial charge in [-0.15, -0.1) is 6.42 Å². The minimum absolute atomic E-state index is 0.300. The molecule has 26 heavy (non-hydrogen) atoms. The monoisotopic (exact) mass is 357 g/mol. The Morgan fingerprint density at radius 2 is 1.73 bits per heavy atom. The Morgan fingerprint density at radius 1 is 1.00 bits per heavy atom. The molecule has 144 valence electrons. The molecule has 4 saturated carbocycles. The number of oxime groups is 1. The lowest BCUT2D eigenvalue weighted by atomic mass is 9.44. The third kappa shape index (κ3) is 2.40. The molecule has 0 radical (unpaired) electrons. The molecule has 0 aromatic rings. The van der Waals surface area contributed by atoms with Gasteiger partial charge in [-0.25, -0.2) is 0 Å². The van der Waals surface area contributed by atoms with Crippen LogP contribution < -0.4 is 0 Å². The fourth-order valence-corrected chi connectivity index (χ4v) is 8.13. The van der Waals surface area contributed by atoms with Crippen LogP contribution in [-0.4, -0.2) is 21.6 Å². The van der Waals surface area contributed by atoms with Crippen LogP contribution in [0.5, 0.6) is 0 Å². The highest BCUT2D eigenvalue weighted by molar-refractivity contribution is 5.84. The van der Waals surface area contributed by atoms with Crippen LogP contribution in [0.25, 0.3) is 0 Å². The highest BCUT2D eigenvalue weighted by Gasteiger charge is 2.61. The number of hydrogen-bond acceptors (Lipinski definition) is 3. The molecule has 4 unspecified atom stereocenters. The van der Waals surface area contributed by atoms with Gasteiger partial charge in [0.1, 0.15) is 5.60 Å². The molecular weight excluding hydrogens is 322 g/mol. The van der Waals surface area contributed by atoms with Gasteiger partial charge in [-0.05, 0) is 99.2 Å². The Labute approximate surface area is 158 Å². The number of hydrogen-bond donors (Lipinski definition) is 2. The minimum Gasteiger partial charge on any atom is -0.411 e. The molecule has 0 aromatic carbocycles. The third-order valence-corrected chi connectivity index (χ3v) is 9.66. The summed E-state index contributed by atoms with van der Waals surface area (Å²) in [5, 5.41) is 23.6. The SMILES string of the molecule is C#C[C@]1(O)CC[C@@]2(C)C(CCC3C2CC[C@@]2(C)C3CC[C@@H]2/C(C)=N/O)C1. The average molecular weight is 358 g/mol. The van der Waals surface area contributed by atoms with Crippen molar-refractivity contribution in [2.75, 3.05) is 0 Å². The predicted molar refractivity (Wildman–Crippen MR) is 104 cm³/mol. The van der Waals surface area contributed by atoms with E-state index < -0.39 is 5.60 Å². The number of aliphatic hydroxyl groups is 1. The summed E-state index contributed by atoms with van der Waals surface area (Å²) in [6.07, 6.45) is 15.8. The van der Waals surface area contributed by atoms with Crippen molar-refractivity contribution in [2.45, 2.75) is 84.2 Å². The van der Waals surface area contributed by atoms with E-state index in [1.165, 1.54) is 38.5 Å². The first-order chi connectivity index (χ1) is 12.3. The van der Waals surface area contributed by atoms with Crippen LogP contribution in [0, 0.1) is 52.8 Å². The summed E-state index contributed by atoms with van der Waals surface area (Å²) in [6, 6.07) is 0. The molecule has 0 amide bonds. The fourth-order valence-electron chi connectivity index (χ4n) is 8.13. The van der Waals surface area contributed by atoms with E-state index in [9.17, 15) is 10.3 Å². The summed E-state index contributed by atoms with van der Waals surface area (Å²) >= 11 is 0. The number of terminal acetylenes is 1. The minimum atomic E-state index is -0.868. The average Bonchev–Trinajstić information content (AvgIpc) is 2.99. The highest BCUT2D eigenvalue weighted by Crippen LogP contribution is 2.68. The van der Waals surface area contributed by atoms with E-state index in [2.05, 4.69) is 24.9 Å². The standard InChI is InChI=1S/C23H35NO2/c1-5-23(25)13-12-21(3)16(14-23)6-7-17-19-9-8-18(15(2)24-26)22(19,4)11-10-20(17)21/h1,16-20,25-26H,6-14H2,2-4H3/b24-15+/t16?,17?,18-,19?,20?,21+,22-,23+/m1/s1. The molecule has 0 bridgehead atoms. The van der Waals surface area contributed by atoms with Gasteiger partial charge < -0.3 is 10.3 Å². The Bertz CT molecular complexity index is 651. The topological polar surface area (TPSA) is 52.8 Å². The number of nitrogens with zero attached hydrogens (tertiary/aromatic N) is 1. The van der Waals surface area contributed by atoms with Gasteiger partial charge in [-0.1, -0.05) is 24.9 Å². The second-order valence-corrected chi connectivity index (χ2v) is 10.5. The highest BCUT2D eigenvalue weighted by atomic mass is 16.4. The zero-order valence-corrected chi connectivity index (χ0v) is 16.7. The molecule has 3 nitrogen and oxygen atoms in total. The van der Waals surface area contributed by atoms with Gasteiger partial charge in [-0.3, -0.25) is 0 Å². The van der Waals surface area contributed by atoms with E-state index in [1.807, 2.05) is 6.92 Å². The van der Waals surface area contributed by atoms with E-state index >= 15 is 0 Å². The number of rotatable bonds is 1. The van der Waals surface area contributed by atoms with Crippen LogP contribution in [0.1, 0.15) is 78.6 Å². The van der Waals surface area contributed by atoms with E-state index in [1.54, 1.807) is 0 Å². The molecule has 4 aliphatic carbocycles. The van der Waals surface area contributed by atoms with Crippen LogP contribution in [0.2, 0.25) is 0 Å². The second kappa shape index (κ2) is 5.99. The van der Waals surface area contributed by atoms with Crippen LogP contribution in [0.3, 0.4) is 0 Å². The van der Waals surface area contributed by atoms with Crippen molar-refractivity contribution in [3.63, 3.8) is 0 Å². The lowest BCUT2D eigenvalue weighted by Crippen LogP contribution is -2.55. The smallest absolute Gasteiger partial charge is 0.125 e. The van der Waals surface area contributed by atoms with E-state index in [0.717, 1.165) is 42.7 Å². The van der Waals surface area contributed by atoms with Crippen molar-refractivity contribution < 1.29 is 10.3 Å². The molecule has 2 N–H and O–H groups in total. The van der Waals surface area contributed by atoms with Crippen molar-refractivity contribution in [3.05, 3.63) is 0 Å². The zero-order chi connectivity index (χ0) is 18.7. The van der Waals surface area contributed by atoms with Gasteiger partial charge in [0.25, 0.3) is 0 Å². The maximum absolute atomic E-state index is 10.7. The van der Waals surface area contributed by atoms with Crippen molar-refractivity contribution in [1.29, 1.82) is 0 Å². The van der Waals surface area contributed by atoms with Gasteiger partial charge in [0.05, 0.1) is 5.71 Å². The molecule has 4 rings (SSSR count). The molecule has 3 heteroatoms. The Balaban J connectivity index is 1.60. The predicted octanol–water partition coefficient (Wildman–Crippen LogP) is 4.86. The largest absolute Gasteiger partial charge is 0.411 e. The second-order valence-electron chi connectivity index (χ2n) is 10.5. The van der Waals surface area contributed by atoms with Gasteiger partial charge >= 0.3 is 0 Å². The van der Waals surface area contributed by atoms with Gasteiger partial charge in [0, 0.05) is 5.92 Å². The van der Waals surface area contributed by atoms with Crippen molar-refractivity contribution >= 4 is 5.71 Å². The quantitative estimate of drug-likeness (QED) is 0.305. The molecule has 0 aliphatic heterocycles. The molecular formula is C23H35NO2. The van der Waals surface area contributed by atoms with Crippen molar-refractivity contribution in [2.24, 2.45) is 45.6 Å². The molecule has 0 spiro atoms. The molecule has 0 aromatic heterocycles. The Kier molecular flexibility index (Phi) is 4.23.